The maximum absolute atomic E-state index is 12.8. The van der Waals surface area contributed by atoms with E-state index in [9.17, 15) is 13.2 Å². The maximum atomic E-state index is 12.8. The summed E-state index contributed by atoms with van der Waals surface area (Å²) in [6.45, 7) is 2.42. The van der Waals surface area contributed by atoms with E-state index >= 15 is 0 Å². The highest BCUT2D eigenvalue weighted by Gasteiger charge is 2.45. The lowest BCUT2D eigenvalue weighted by molar-refractivity contribution is -0.141. The molecule has 2 saturated heterocycles. The summed E-state index contributed by atoms with van der Waals surface area (Å²) in [7, 11) is 0. The summed E-state index contributed by atoms with van der Waals surface area (Å²) in [4.78, 5) is 10.1. The summed E-state index contributed by atoms with van der Waals surface area (Å²) in [5.41, 5.74) is 0.318. The summed E-state index contributed by atoms with van der Waals surface area (Å²) in [6.07, 6.45) is 1.98. The fourth-order valence-corrected chi connectivity index (χ4v) is 5.65. The van der Waals surface area contributed by atoms with E-state index in [4.69, 9.17) is 0 Å². The SMILES string of the molecule is FC(F)(F)c1cc(C2CCC(N3CCC4(CSC4)C3)CC2)ncn1. The van der Waals surface area contributed by atoms with Gasteiger partial charge in [0, 0.05) is 41.1 Å². The Labute approximate surface area is 144 Å². The molecule has 1 spiro atoms. The van der Waals surface area contributed by atoms with Gasteiger partial charge in [-0.05, 0) is 44.7 Å². The minimum Gasteiger partial charge on any atom is -0.300 e. The zero-order chi connectivity index (χ0) is 16.8. The van der Waals surface area contributed by atoms with Crippen LogP contribution >= 0.6 is 11.8 Å². The second-order valence-electron chi connectivity index (χ2n) is 7.54. The standard InChI is InChI=1S/C17H22F3N3S/c18-17(19,20)15-7-14(21-11-22-15)12-1-3-13(4-2-12)23-6-5-16(8-23)9-24-10-16/h7,11-13H,1-6,8-10H2. The van der Waals surface area contributed by atoms with E-state index in [0.717, 1.165) is 38.1 Å². The third-order valence-corrected chi connectivity index (χ3v) is 7.53. The zero-order valence-corrected chi connectivity index (χ0v) is 14.4. The van der Waals surface area contributed by atoms with Gasteiger partial charge in [0.2, 0.25) is 0 Å². The highest BCUT2D eigenvalue weighted by Crippen LogP contribution is 2.47. The lowest BCUT2D eigenvalue weighted by Gasteiger charge is -2.40. The molecular weight excluding hydrogens is 335 g/mol. The first kappa shape index (κ1) is 16.6. The Bertz CT molecular complexity index is 595. The van der Waals surface area contributed by atoms with Crippen molar-refractivity contribution in [2.24, 2.45) is 5.41 Å². The molecule has 3 nitrogen and oxygen atoms in total. The van der Waals surface area contributed by atoms with Crippen LogP contribution in [0, 0.1) is 5.41 Å². The molecule has 132 valence electrons. The van der Waals surface area contributed by atoms with Crippen molar-refractivity contribution in [2.45, 2.75) is 50.2 Å². The molecule has 4 rings (SSSR count). The summed E-state index contributed by atoms with van der Waals surface area (Å²) in [5.74, 6) is 2.75. The van der Waals surface area contributed by atoms with Crippen molar-refractivity contribution < 1.29 is 13.2 Å². The minimum absolute atomic E-state index is 0.140. The lowest BCUT2D eigenvalue weighted by Crippen LogP contribution is -2.42. The fraction of sp³-hybridized carbons (Fsp3) is 0.765. The van der Waals surface area contributed by atoms with Crippen LogP contribution in [0.2, 0.25) is 0 Å². The van der Waals surface area contributed by atoms with Gasteiger partial charge in [-0.3, -0.25) is 4.90 Å². The number of hydrogen-bond donors (Lipinski definition) is 0. The normalized spacial score (nSPS) is 30.5. The summed E-state index contributed by atoms with van der Waals surface area (Å²) in [6, 6.07) is 1.75. The highest BCUT2D eigenvalue weighted by molar-refractivity contribution is 8.00. The van der Waals surface area contributed by atoms with Gasteiger partial charge >= 0.3 is 6.18 Å². The van der Waals surface area contributed by atoms with Crippen LogP contribution in [-0.2, 0) is 6.18 Å². The first-order chi connectivity index (χ1) is 11.5. The van der Waals surface area contributed by atoms with E-state index in [-0.39, 0.29) is 5.92 Å². The molecule has 1 aliphatic carbocycles. The van der Waals surface area contributed by atoms with Gasteiger partial charge in [0.05, 0.1) is 0 Å². The van der Waals surface area contributed by atoms with Crippen molar-refractivity contribution in [3.05, 3.63) is 23.8 Å². The van der Waals surface area contributed by atoms with Gasteiger partial charge in [-0.1, -0.05) is 0 Å². The van der Waals surface area contributed by atoms with Gasteiger partial charge in [-0.2, -0.15) is 24.9 Å². The van der Waals surface area contributed by atoms with Crippen molar-refractivity contribution in [1.29, 1.82) is 0 Å². The topological polar surface area (TPSA) is 29.0 Å². The summed E-state index contributed by atoms with van der Waals surface area (Å²) < 4.78 is 38.4. The molecule has 0 N–H and O–H groups in total. The average Bonchev–Trinajstić information content (AvgIpc) is 3.00. The van der Waals surface area contributed by atoms with Crippen molar-refractivity contribution >= 4 is 11.8 Å². The molecule has 0 atom stereocenters. The molecule has 0 amide bonds. The first-order valence-electron chi connectivity index (χ1n) is 8.66. The molecule has 1 aromatic rings. The van der Waals surface area contributed by atoms with E-state index in [2.05, 4.69) is 26.6 Å². The summed E-state index contributed by atoms with van der Waals surface area (Å²) in [5, 5.41) is 0. The van der Waals surface area contributed by atoms with Crippen LogP contribution < -0.4 is 0 Å². The molecule has 0 unspecified atom stereocenters. The van der Waals surface area contributed by atoms with E-state index in [0.29, 0.717) is 17.2 Å². The second-order valence-corrected chi connectivity index (χ2v) is 8.53. The third-order valence-electron chi connectivity index (χ3n) is 5.89. The van der Waals surface area contributed by atoms with Gasteiger partial charge < -0.3 is 0 Å². The van der Waals surface area contributed by atoms with Crippen LogP contribution in [0.1, 0.15) is 49.4 Å². The Balaban J connectivity index is 1.36. The van der Waals surface area contributed by atoms with Crippen LogP contribution in [0.5, 0.6) is 0 Å². The molecule has 3 fully saturated rings. The number of hydrogen-bond acceptors (Lipinski definition) is 4. The Morgan fingerprint density at radius 3 is 2.46 bits per heavy atom. The predicted octanol–water partition coefficient (Wildman–Crippen LogP) is 3.96. The number of nitrogens with zero attached hydrogens (tertiary/aromatic N) is 3. The monoisotopic (exact) mass is 357 g/mol. The number of thioether (sulfide) groups is 1. The molecular formula is C17H22F3N3S. The van der Waals surface area contributed by atoms with Gasteiger partial charge in [0.1, 0.15) is 12.0 Å². The molecule has 7 heteroatoms. The zero-order valence-electron chi connectivity index (χ0n) is 13.6. The molecule has 0 radical (unpaired) electrons. The van der Waals surface area contributed by atoms with E-state index in [1.165, 1.54) is 31.0 Å². The fourth-order valence-electron chi connectivity index (χ4n) is 4.40. The molecule has 3 aliphatic rings. The minimum atomic E-state index is -4.39. The first-order valence-corrected chi connectivity index (χ1v) is 9.82. The van der Waals surface area contributed by atoms with Crippen LogP contribution in [0.15, 0.2) is 12.4 Å². The Kier molecular flexibility index (Phi) is 4.27. The lowest BCUT2D eigenvalue weighted by atomic mass is 9.83. The van der Waals surface area contributed by atoms with Gasteiger partial charge in [0.25, 0.3) is 0 Å². The molecule has 1 aromatic heterocycles. The van der Waals surface area contributed by atoms with Gasteiger partial charge in [0.15, 0.2) is 0 Å². The second kappa shape index (κ2) is 6.16. The molecule has 24 heavy (non-hydrogen) atoms. The van der Waals surface area contributed by atoms with Gasteiger partial charge in [-0.15, -0.1) is 0 Å². The molecule has 3 heterocycles. The van der Waals surface area contributed by atoms with Crippen LogP contribution in [0.25, 0.3) is 0 Å². The average molecular weight is 357 g/mol. The number of alkyl halides is 3. The molecule has 0 aromatic carbocycles. The molecule has 1 saturated carbocycles. The Hall–Kier alpha value is -0.820. The van der Waals surface area contributed by atoms with Crippen LogP contribution in [0.4, 0.5) is 13.2 Å². The maximum Gasteiger partial charge on any atom is 0.433 e. The third kappa shape index (κ3) is 3.17. The van der Waals surface area contributed by atoms with Crippen molar-refractivity contribution in [3.8, 4) is 0 Å². The van der Waals surface area contributed by atoms with E-state index in [1.807, 2.05) is 0 Å². The van der Waals surface area contributed by atoms with E-state index < -0.39 is 11.9 Å². The number of likely N-dealkylation sites (tertiary alicyclic amines) is 1. The van der Waals surface area contributed by atoms with Crippen LogP contribution in [-0.4, -0.2) is 45.5 Å². The van der Waals surface area contributed by atoms with Crippen LogP contribution in [0.3, 0.4) is 0 Å². The quantitative estimate of drug-likeness (QED) is 0.801. The molecule has 0 bridgehead atoms. The van der Waals surface area contributed by atoms with Crippen molar-refractivity contribution in [1.82, 2.24) is 14.9 Å². The van der Waals surface area contributed by atoms with Crippen molar-refractivity contribution in [2.75, 3.05) is 24.6 Å². The summed E-state index contributed by atoms with van der Waals surface area (Å²) >= 11 is 2.05. The van der Waals surface area contributed by atoms with E-state index in [1.54, 1.807) is 0 Å². The van der Waals surface area contributed by atoms with Crippen molar-refractivity contribution in [3.63, 3.8) is 0 Å². The predicted molar refractivity (Wildman–Crippen MR) is 88.0 cm³/mol. The smallest absolute Gasteiger partial charge is 0.300 e. The number of halogens is 3. The Morgan fingerprint density at radius 1 is 1.12 bits per heavy atom. The number of aromatic nitrogens is 2. The number of rotatable bonds is 2. The molecule has 2 aliphatic heterocycles. The Morgan fingerprint density at radius 2 is 1.88 bits per heavy atom. The largest absolute Gasteiger partial charge is 0.433 e. The highest BCUT2D eigenvalue weighted by atomic mass is 32.2. The van der Waals surface area contributed by atoms with Gasteiger partial charge in [-0.25, -0.2) is 9.97 Å².